The Morgan fingerprint density at radius 1 is 0.958 bits per heavy atom. The van der Waals surface area contributed by atoms with Gasteiger partial charge in [0.1, 0.15) is 17.1 Å². The number of ketones is 1. The maximum Gasteiger partial charge on any atom is 0.341 e. The summed E-state index contributed by atoms with van der Waals surface area (Å²) < 4.78 is 33.3. The number of phenolic OH excluding ortho intramolecular Hbond substituents is 1. The maximum absolute atomic E-state index is 15.4. The molecule has 2 N–H and O–H groups in total. The summed E-state index contributed by atoms with van der Waals surface area (Å²) >= 11 is 0. The normalized spacial score (nSPS) is 15.2. The Bertz CT molecular complexity index is 1970. The molecule has 0 atom stereocenters. The number of aromatic carboxylic acids is 1. The molecule has 2 fully saturated rings. The number of carboxylic acid groups (broad SMARTS) is 1. The van der Waals surface area contributed by atoms with E-state index in [2.05, 4.69) is 4.90 Å². The Morgan fingerprint density at radius 3 is 2.25 bits per heavy atom. The zero-order valence-electron chi connectivity index (χ0n) is 26.9. The summed E-state index contributed by atoms with van der Waals surface area (Å²) in [6, 6.07) is 11.1. The van der Waals surface area contributed by atoms with Gasteiger partial charge in [-0.1, -0.05) is 6.08 Å². The quantitative estimate of drug-likeness (QED) is 0.166. The third kappa shape index (κ3) is 6.43. The van der Waals surface area contributed by atoms with E-state index < -0.39 is 17.2 Å². The molecule has 1 saturated heterocycles. The predicted molar refractivity (Wildman–Crippen MR) is 178 cm³/mol. The SMILES string of the molecule is COc1cc(/C=C/C(=O)c2ccc(O)c(CN3CCN(c4cc5c(cc4F)c(=O)c(C(=O)O)cn5C4CC4)CC3)c2)cc(OC)c1OC. The number of nitrogens with zero attached hydrogens (tertiary/aromatic N) is 3. The van der Waals surface area contributed by atoms with Crippen LogP contribution in [0.25, 0.3) is 17.0 Å². The molecule has 0 bridgehead atoms. The van der Waals surface area contributed by atoms with Gasteiger partial charge in [-0.15, -0.1) is 0 Å². The minimum absolute atomic E-state index is 0.0601. The number of piperazine rings is 1. The molecule has 0 radical (unpaired) electrons. The first-order valence-electron chi connectivity index (χ1n) is 15.5. The van der Waals surface area contributed by atoms with E-state index in [1.807, 2.05) is 4.90 Å². The Kier molecular flexibility index (Phi) is 9.09. The molecule has 1 saturated carbocycles. The van der Waals surface area contributed by atoms with Crippen LogP contribution in [0.4, 0.5) is 10.1 Å². The van der Waals surface area contributed by atoms with Crippen LogP contribution in [0.15, 0.2) is 59.5 Å². The van der Waals surface area contributed by atoms with E-state index in [1.54, 1.807) is 41.0 Å². The number of fused-ring (bicyclic) bond motifs is 1. The monoisotopic (exact) mass is 657 g/mol. The van der Waals surface area contributed by atoms with E-state index in [0.29, 0.717) is 77.9 Å². The molecule has 250 valence electrons. The number of aromatic hydroxyl groups is 1. The van der Waals surface area contributed by atoms with Gasteiger partial charge in [0.2, 0.25) is 11.2 Å². The minimum Gasteiger partial charge on any atom is -0.508 e. The van der Waals surface area contributed by atoms with Crippen molar-refractivity contribution in [2.24, 2.45) is 0 Å². The molecule has 6 rings (SSSR count). The van der Waals surface area contributed by atoms with Gasteiger partial charge < -0.3 is 33.9 Å². The average molecular weight is 658 g/mol. The second-order valence-electron chi connectivity index (χ2n) is 11.9. The largest absolute Gasteiger partial charge is 0.508 e. The summed E-state index contributed by atoms with van der Waals surface area (Å²) in [7, 11) is 4.55. The Labute approximate surface area is 276 Å². The second kappa shape index (κ2) is 13.4. The number of anilines is 1. The summed E-state index contributed by atoms with van der Waals surface area (Å²) in [6.45, 7) is 2.48. The number of halogens is 1. The number of hydrogen-bond donors (Lipinski definition) is 2. The molecule has 2 aliphatic rings. The number of rotatable bonds is 11. The van der Waals surface area contributed by atoms with Crippen molar-refractivity contribution in [3.8, 4) is 23.0 Å². The Morgan fingerprint density at radius 2 is 1.65 bits per heavy atom. The van der Waals surface area contributed by atoms with Crippen molar-refractivity contribution in [1.29, 1.82) is 0 Å². The van der Waals surface area contributed by atoms with E-state index in [0.717, 1.165) is 18.9 Å². The highest BCUT2D eigenvalue weighted by atomic mass is 19.1. The van der Waals surface area contributed by atoms with Crippen molar-refractivity contribution in [1.82, 2.24) is 9.47 Å². The lowest BCUT2D eigenvalue weighted by Crippen LogP contribution is -2.46. The molecule has 11 nitrogen and oxygen atoms in total. The lowest BCUT2D eigenvalue weighted by atomic mass is 10.0. The summed E-state index contributed by atoms with van der Waals surface area (Å²) in [4.78, 5) is 41.6. The number of carboxylic acids is 1. The standard InChI is InChI=1S/C36H36FN3O8/c1-46-32-14-21(15-33(47-2)35(32)48-3)4-8-30(41)22-5-9-31(42)23(16-22)19-38-10-12-39(13-11-38)29-18-28-25(17-27(29)37)34(43)26(36(44)45)20-40(28)24-6-7-24/h4-5,8-9,14-18,20,24,42H,6-7,10-13,19H2,1-3H3,(H,44,45)/b8-4+. The van der Waals surface area contributed by atoms with Gasteiger partial charge in [0, 0.05) is 61.5 Å². The predicted octanol–water partition coefficient (Wildman–Crippen LogP) is 5.12. The molecular formula is C36H36FN3O8. The molecule has 2 heterocycles. The number of hydrogen-bond acceptors (Lipinski definition) is 9. The Balaban J connectivity index is 1.15. The highest BCUT2D eigenvalue weighted by molar-refractivity contribution is 6.07. The van der Waals surface area contributed by atoms with E-state index in [-0.39, 0.29) is 28.5 Å². The highest BCUT2D eigenvalue weighted by Gasteiger charge is 2.29. The van der Waals surface area contributed by atoms with Crippen molar-refractivity contribution in [2.75, 3.05) is 52.4 Å². The molecule has 3 aromatic carbocycles. The van der Waals surface area contributed by atoms with Crippen molar-refractivity contribution in [3.05, 3.63) is 93.0 Å². The van der Waals surface area contributed by atoms with Crippen LogP contribution in [-0.4, -0.2) is 78.9 Å². The zero-order valence-corrected chi connectivity index (χ0v) is 26.9. The Hall–Kier alpha value is -5.36. The molecule has 0 unspecified atom stereocenters. The van der Waals surface area contributed by atoms with Crippen LogP contribution in [0.5, 0.6) is 23.0 Å². The van der Waals surface area contributed by atoms with Crippen molar-refractivity contribution in [2.45, 2.75) is 25.4 Å². The van der Waals surface area contributed by atoms with Crippen LogP contribution in [-0.2, 0) is 6.54 Å². The molecule has 0 amide bonds. The molecule has 4 aromatic rings. The van der Waals surface area contributed by atoms with Crippen LogP contribution in [0.2, 0.25) is 0 Å². The van der Waals surface area contributed by atoms with Gasteiger partial charge in [0.25, 0.3) is 0 Å². The molecule has 48 heavy (non-hydrogen) atoms. The molecule has 1 aliphatic heterocycles. The first kappa shape index (κ1) is 32.6. The molecule has 0 spiro atoms. The lowest BCUT2D eigenvalue weighted by molar-refractivity contribution is 0.0694. The van der Waals surface area contributed by atoms with Crippen molar-refractivity contribution in [3.63, 3.8) is 0 Å². The lowest BCUT2D eigenvalue weighted by Gasteiger charge is -2.36. The summed E-state index contributed by atoms with van der Waals surface area (Å²) in [6.07, 6.45) is 6.20. The van der Waals surface area contributed by atoms with E-state index in [1.165, 1.54) is 39.7 Å². The fourth-order valence-electron chi connectivity index (χ4n) is 6.13. The minimum atomic E-state index is -1.33. The van der Waals surface area contributed by atoms with Gasteiger partial charge in [0.15, 0.2) is 17.3 Å². The van der Waals surface area contributed by atoms with Crippen LogP contribution < -0.4 is 24.5 Å². The molecule has 1 aliphatic carbocycles. The van der Waals surface area contributed by atoms with Crippen molar-refractivity contribution < 1.29 is 38.4 Å². The number of pyridine rings is 1. The first-order chi connectivity index (χ1) is 23.1. The highest BCUT2D eigenvalue weighted by Crippen LogP contribution is 2.39. The number of carbonyl (C=O) groups is 2. The van der Waals surface area contributed by atoms with Crippen LogP contribution in [0.3, 0.4) is 0 Å². The number of aromatic nitrogens is 1. The van der Waals surface area contributed by atoms with E-state index in [4.69, 9.17) is 14.2 Å². The van der Waals surface area contributed by atoms with Gasteiger partial charge in [0.05, 0.1) is 32.5 Å². The maximum atomic E-state index is 15.4. The first-order valence-corrected chi connectivity index (χ1v) is 15.5. The van der Waals surface area contributed by atoms with Gasteiger partial charge in [-0.2, -0.15) is 0 Å². The number of phenols is 1. The molecule has 12 heteroatoms. The third-order valence-electron chi connectivity index (χ3n) is 8.86. The van der Waals surface area contributed by atoms with Gasteiger partial charge in [-0.05, 0) is 66.9 Å². The number of ether oxygens (including phenoxy) is 3. The average Bonchev–Trinajstić information content (AvgIpc) is 3.93. The molecular weight excluding hydrogens is 621 g/mol. The fourth-order valence-corrected chi connectivity index (χ4v) is 6.13. The fraction of sp³-hybridized carbons (Fsp3) is 0.306. The van der Waals surface area contributed by atoms with Crippen LogP contribution in [0, 0.1) is 5.82 Å². The smallest absolute Gasteiger partial charge is 0.341 e. The summed E-state index contributed by atoms with van der Waals surface area (Å²) in [5, 5.41) is 20.2. The third-order valence-corrected chi connectivity index (χ3v) is 8.86. The number of benzene rings is 3. The second-order valence-corrected chi connectivity index (χ2v) is 11.9. The van der Waals surface area contributed by atoms with Gasteiger partial charge >= 0.3 is 5.97 Å². The van der Waals surface area contributed by atoms with Gasteiger partial charge in [-0.3, -0.25) is 14.5 Å². The number of allylic oxidation sites excluding steroid dienone is 1. The topological polar surface area (TPSA) is 131 Å². The zero-order chi connectivity index (χ0) is 34.1. The van der Waals surface area contributed by atoms with Gasteiger partial charge in [-0.25, -0.2) is 9.18 Å². The number of carbonyl (C=O) groups excluding carboxylic acids is 1. The van der Waals surface area contributed by atoms with Crippen molar-refractivity contribution >= 4 is 34.4 Å². The van der Waals surface area contributed by atoms with Crippen LogP contribution in [0.1, 0.15) is 50.7 Å². The van der Waals surface area contributed by atoms with Crippen LogP contribution >= 0.6 is 0 Å². The summed E-state index contributed by atoms with van der Waals surface area (Å²) in [5.74, 6) is -0.708. The summed E-state index contributed by atoms with van der Waals surface area (Å²) in [5.41, 5.74) is 1.51. The number of methoxy groups -OCH3 is 3. The van der Waals surface area contributed by atoms with E-state index >= 15 is 4.39 Å². The van der Waals surface area contributed by atoms with E-state index in [9.17, 15) is 24.6 Å². The molecule has 1 aromatic heterocycles.